The summed E-state index contributed by atoms with van der Waals surface area (Å²) >= 11 is 6.29. The minimum absolute atomic E-state index is 0.214. The maximum absolute atomic E-state index is 13.3. The third kappa shape index (κ3) is 3.19. The number of aromatic nitrogens is 1. The lowest BCUT2D eigenvalue weighted by molar-refractivity contribution is 0.218. The van der Waals surface area contributed by atoms with Gasteiger partial charge in [0.05, 0.1) is 5.52 Å². The van der Waals surface area contributed by atoms with Crippen LogP contribution >= 0.6 is 11.6 Å². The summed E-state index contributed by atoms with van der Waals surface area (Å²) in [6.07, 6.45) is 4.64. The third-order valence-corrected chi connectivity index (χ3v) is 5.53. The quantitative estimate of drug-likeness (QED) is 0.591. The zero-order chi connectivity index (χ0) is 17.4. The smallest absolute Gasteiger partial charge is 0.123 e. The second-order valence-corrected chi connectivity index (χ2v) is 7.26. The number of halogens is 2. The zero-order valence-electron chi connectivity index (χ0n) is 14.4. The van der Waals surface area contributed by atoms with Gasteiger partial charge in [-0.25, -0.2) is 4.39 Å². The summed E-state index contributed by atoms with van der Waals surface area (Å²) < 4.78 is 15.5. The Morgan fingerprint density at radius 1 is 1.16 bits per heavy atom. The lowest BCUT2D eigenvalue weighted by atomic mass is 9.90. The molecule has 25 heavy (non-hydrogen) atoms. The van der Waals surface area contributed by atoms with Crippen molar-refractivity contribution in [3.8, 4) is 5.69 Å². The van der Waals surface area contributed by atoms with Crippen molar-refractivity contribution in [2.24, 2.45) is 0 Å². The molecule has 0 aliphatic carbocycles. The van der Waals surface area contributed by atoms with E-state index in [2.05, 4.69) is 34.7 Å². The first-order chi connectivity index (χ1) is 12.2. The molecule has 4 heteroatoms. The van der Waals surface area contributed by atoms with Crippen LogP contribution in [0.2, 0.25) is 5.02 Å². The highest BCUT2D eigenvalue weighted by atomic mass is 35.5. The highest BCUT2D eigenvalue weighted by Gasteiger charge is 2.24. The number of hydrogen-bond acceptors (Lipinski definition) is 1. The first-order valence-electron chi connectivity index (χ1n) is 8.94. The van der Waals surface area contributed by atoms with Crippen molar-refractivity contribution < 1.29 is 4.39 Å². The molecule has 3 aromatic rings. The Morgan fingerprint density at radius 2 is 1.96 bits per heavy atom. The van der Waals surface area contributed by atoms with Crippen LogP contribution in [-0.4, -0.2) is 29.1 Å². The largest absolute Gasteiger partial charge is 0.316 e. The molecule has 2 nitrogen and oxygen atoms in total. The van der Waals surface area contributed by atoms with Crippen molar-refractivity contribution in [2.75, 3.05) is 19.6 Å². The summed E-state index contributed by atoms with van der Waals surface area (Å²) in [6, 6.07) is 12.7. The van der Waals surface area contributed by atoms with Gasteiger partial charge in [0.25, 0.3) is 0 Å². The summed E-state index contributed by atoms with van der Waals surface area (Å²) in [5.41, 5.74) is 3.45. The van der Waals surface area contributed by atoms with Crippen molar-refractivity contribution >= 4 is 22.5 Å². The normalized spacial score (nSPS) is 18.8. The van der Waals surface area contributed by atoms with E-state index in [0.29, 0.717) is 5.92 Å². The maximum atomic E-state index is 13.3. The number of likely N-dealkylation sites (N-methyl/N-ethyl adjacent to an activating group) is 1. The minimum atomic E-state index is -0.214. The van der Waals surface area contributed by atoms with Gasteiger partial charge in [0.2, 0.25) is 0 Å². The van der Waals surface area contributed by atoms with Gasteiger partial charge in [-0.2, -0.15) is 0 Å². The fraction of sp³-hybridized carbons (Fsp3) is 0.333. The van der Waals surface area contributed by atoms with Gasteiger partial charge < -0.3 is 9.47 Å². The summed E-state index contributed by atoms with van der Waals surface area (Å²) in [5, 5.41) is 1.97. The van der Waals surface area contributed by atoms with Crippen LogP contribution in [0.1, 0.15) is 31.2 Å². The van der Waals surface area contributed by atoms with Gasteiger partial charge in [0.1, 0.15) is 5.82 Å². The minimum Gasteiger partial charge on any atom is -0.316 e. The number of benzene rings is 2. The van der Waals surface area contributed by atoms with Crippen LogP contribution in [0, 0.1) is 5.82 Å². The van der Waals surface area contributed by atoms with Gasteiger partial charge in [-0.3, -0.25) is 0 Å². The molecule has 2 aromatic carbocycles. The Bertz CT molecular complexity index is 885. The molecule has 1 saturated heterocycles. The lowest BCUT2D eigenvalue weighted by Crippen LogP contribution is -2.34. The molecule has 0 radical (unpaired) electrons. The average molecular weight is 357 g/mol. The topological polar surface area (TPSA) is 8.17 Å². The van der Waals surface area contributed by atoms with Gasteiger partial charge in [-0.15, -0.1) is 0 Å². The first-order valence-corrected chi connectivity index (χ1v) is 9.32. The van der Waals surface area contributed by atoms with Crippen LogP contribution in [0.3, 0.4) is 0 Å². The number of hydrogen-bond donors (Lipinski definition) is 0. The van der Waals surface area contributed by atoms with E-state index in [0.717, 1.165) is 29.3 Å². The Labute approximate surface area is 152 Å². The van der Waals surface area contributed by atoms with E-state index in [1.54, 1.807) is 0 Å². The van der Waals surface area contributed by atoms with Gasteiger partial charge in [-0.1, -0.05) is 18.5 Å². The van der Waals surface area contributed by atoms with Crippen LogP contribution in [0.5, 0.6) is 0 Å². The second kappa shape index (κ2) is 6.81. The monoisotopic (exact) mass is 356 g/mol. The molecule has 1 aromatic heterocycles. The molecule has 0 spiro atoms. The summed E-state index contributed by atoms with van der Waals surface area (Å²) in [5.74, 6) is 0.297. The van der Waals surface area contributed by atoms with E-state index >= 15 is 0 Å². The van der Waals surface area contributed by atoms with Crippen molar-refractivity contribution in [2.45, 2.75) is 25.7 Å². The molecule has 2 heterocycles. The van der Waals surface area contributed by atoms with E-state index in [1.165, 1.54) is 42.5 Å². The number of likely N-dealkylation sites (tertiary alicyclic amines) is 1. The van der Waals surface area contributed by atoms with Crippen LogP contribution in [0.15, 0.2) is 48.7 Å². The number of fused-ring (bicyclic) bond motifs is 1. The highest BCUT2D eigenvalue weighted by molar-refractivity contribution is 6.31. The van der Waals surface area contributed by atoms with Crippen molar-refractivity contribution in [3.05, 3.63) is 65.1 Å². The molecule has 4 rings (SSSR count). The van der Waals surface area contributed by atoms with Crippen molar-refractivity contribution in [1.29, 1.82) is 0 Å². The summed E-state index contributed by atoms with van der Waals surface area (Å²) in [6.45, 7) is 5.59. The molecular formula is C21H22ClFN2. The molecule has 130 valence electrons. The molecule has 1 aliphatic heterocycles. The van der Waals surface area contributed by atoms with Crippen LogP contribution in [0.4, 0.5) is 4.39 Å². The van der Waals surface area contributed by atoms with Crippen molar-refractivity contribution in [1.82, 2.24) is 9.47 Å². The first kappa shape index (κ1) is 16.6. The van der Waals surface area contributed by atoms with Gasteiger partial charge in [0, 0.05) is 28.8 Å². The zero-order valence-corrected chi connectivity index (χ0v) is 15.1. The molecule has 0 bridgehead atoms. The Hall–Kier alpha value is -1.84. The van der Waals surface area contributed by atoms with Crippen LogP contribution in [-0.2, 0) is 0 Å². The fourth-order valence-electron chi connectivity index (χ4n) is 3.96. The van der Waals surface area contributed by atoms with E-state index in [4.69, 9.17) is 11.6 Å². The lowest BCUT2D eigenvalue weighted by Gasteiger charge is -2.31. The van der Waals surface area contributed by atoms with Crippen LogP contribution < -0.4 is 0 Å². The Kier molecular flexibility index (Phi) is 4.53. The maximum Gasteiger partial charge on any atom is 0.123 e. The number of rotatable bonds is 3. The standard InChI is InChI=1S/C21H22ClFN2/c1-2-24-11-3-4-15(13-24)20-14-25(18-8-6-17(23)7-9-18)21-10-5-16(22)12-19(20)21/h5-10,12,14-15H,2-4,11,13H2,1H3. The van der Waals surface area contributed by atoms with E-state index < -0.39 is 0 Å². The average Bonchev–Trinajstić information content (AvgIpc) is 3.01. The highest BCUT2D eigenvalue weighted by Crippen LogP contribution is 2.36. The van der Waals surface area contributed by atoms with E-state index in [-0.39, 0.29) is 5.82 Å². The molecule has 0 N–H and O–H groups in total. The summed E-state index contributed by atoms with van der Waals surface area (Å²) in [7, 11) is 0. The molecule has 1 atom stereocenters. The number of piperidine rings is 1. The number of nitrogens with zero attached hydrogens (tertiary/aromatic N) is 2. The predicted molar refractivity (Wildman–Crippen MR) is 102 cm³/mol. The summed E-state index contributed by atoms with van der Waals surface area (Å²) in [4.78, 5) is 2.51. The van der Waals surface area contributed by atoms with E-state index in [9.17, 15) is 4.39 Å². The second-order valence-electron chi connectivity index (χ2n) is 6.82. The molecule has 0 saturated carbocycles. The Morgan fingerprint density at radius 3 is 2.72 bits per heavy atom. The molecule has 0 amide bonds. The molecule has 1 unspecified atom stereocenters. The molecule has 1 fully saturated rings. The van der Waals surface area contributed by atoms with Crippen molar-refractivity contribution in [3.63, 3.8) is 0 Å². The van der Waals surface area contributed by atoms with E-state index in [1.807, 2.05) is 18.2 Å². The molecule has 1 aliphatic rings. The van der Waals surface area contributed by atoms with Gasteiger partial charge in [-0.05, 0) is 79.9 Å². The van der Waals surface area contributed by atoms with Crippen LogP contribution in [0.25, 0.3) is 16.6 Å². The SMILES string of the molecule is CCN1CCCC(c2cn(-c3ccc(F)cc3)c3ccc(Cl)cc23)C1. The Balaban J connectivity index is 1.84. The molecular weight excluding hydrogens is 335 g/mol. The third-order valence-electron chi connectivity index (χ3n) is 5.29. The van der Waals surface area contributed by atoms with Gasteiger partial charge in [0.15, 0.2) is 0 Å². The fourth-order valence-corrected chi connectivity index (χ4v) is 4.14. The van der Waals surface area contributed by atoms with Gasteiger partial charge >= 0.3 is 0 Å². The predicted octanol–water partition coefficient (Wildman–Crippen LogP) is 5.62.